The summed E-state index contributed by atoms with van der Waals surface area (Å²) in [5.74, 6) is 0.105. The number of fused-ring (bicyclic) bond motifs is 2. The minimum atomic E-state index is -0.464. The highest BCUT2D eigenvalue weighted by atomic mass is 16.2. The molecule has 0 aliphatic carbocycles. The van der Waals surface area contributed by atoms with Crippen LogP contribution in [0.3, 0.4) is 0 Å². The molecule has 2 aromatic carbocycles. The van der Waals surface area contributed by atoms with Crippen molar-refractivity contribution in [2.24, 2.45) is 0 Å². The maximum Gasteiger partial charge on any atom is 0.280 e. The lowest BCUT2D eigenvalue weighted by Crippen LogP contribution is -2.15. The number of pyridine rings is 2. The van der Waals surface area contributed by atoms with Crippen molar-refractivity contribution in [2.45, 2.75) is 6.92 Å². The Labute approximate surface area is 192 Å². The largest absolute Gasteiger partial charge is 0.288 e. The Morgan fingerprint density at radius 3 is 2.74 bits per heavy atom. The van der Waals surface area contributed by atoms with Crippen LogP contribution in [0.25, 0.3) is 39.0 Å². The first-order chi connectivity index (χ1) is 16.7. The summed E-state index contributed by atoms with van der Waals surface area (Å²) in [6, 6.07) is 21.2. The van der Waals surface area contributed by atoms with Gasteiger partial charge in [-0.3, -0.25) is 20.2 Å². The summed E-state index contributed by atoms with van der Waals surface area (Å²) in [7, 11) is 0. The van der Waals surface area contributed by atoms with Crippen LogP contribution in [-0.4, -0.2) is 46.1 Å². The molecule has 0 aliphatic rings. The number of anilines is 1. The average Bonchev–Trinajstić information content (AvgIpc) is 3.50. The molecule has 1 amide bonds. The zero-order valence-electron chi connectivity index (χ0n) is 18.0. The molecule has 6 rings (SSSR count). The standard InChI is InChI=1S/C24H17N9O/c1-14-20(29-32-33(14)19-10-4-7-16-8-5-13-25-21(16)19)23(34)28-24-27-22(30-31-24)18-12-11-15-6-2-3-9-17(15)26-18/h2-13H,1H3,(H2,27,28,30,31,34). The lowest BCUT2D eigenvalue weighted by molar-refractivity contribution is 0.102. The molecular weight excluding hydrogens is 430 g/mol. The number of rotatable bonds is 4. The first-order valence-corrected chi connectivity index (χ1v) is 10.5. The predicted octanol–water partition coefficient (Wildman–Crippen LogP) is 3.71. The van der Waals surface area contributed by atoms with Gasteiger partial charge in [-0.05, 0) is 31.2 Å². The number of aromatic nitrogens is 8. The number of nitrogens with zero attached hydrogens (tertiary/aromatic N) is 7. The number of carbonyl (C=O) groups excluding carboxylic acids is 1. The van der Waals surface area contributed by atoms with Gasteiger partial charge in [-0.2, -0.15) is 4.98 Å². The van der Waals surface area contributed by atoms with Crippen LogP contribution in [0, 0.1) is 6.92 Å². The Bertz CT molecular complexity index is 1680. The van der Waals surface area contributed by atoms with Gasteiger partial charge in [0.25, 0.3) is 5.91 Å². The molecule has 0 saturated carbocycles. The average molecular weight is 447 g/mol. The molecule has 4 heterocycles. The molecule has 0 unspecified atom stereocenters. The molecule has 164 valence electrons. The quantitative estimate of drug-likeness (QED) is 0.422. The predicted molar refractivity (Wildman–Crippen MR) is 126 cm³/mol. The van der Waals surface area contributed by atoms with Crippen LogP contribution >= 0.6 is 0 Å². The molecular formula is C24H17N9O. The Morgan fingerprint density at radius 2 is 1.79 bits per heavy atom. The van der Waals surface area contributed by atoms with Crippen LogP contribution in [0.5, 0.6) is 0 Å². The van der Waals surface area contributed by atoms with E-state index in [2.05, 4.69) is 40.8 Å². The molecule has 0 bridgehead atoms. The number of benzene rings is 2. The fraction of sp³-hybridized carbons (Fsp3) is 0.0417. The lowest BCUT2D eigenvalue weighted by atomic mass is 10.2. The minimum Gasteiger partial charge on any atom is -0.288 e. The van der Waals surface area contributed by atoms with E-state index in [0.717, 1.165) is 27.5 Å². The maximum absolute atomic E-state index is 12.9. The summed E-state index contributed by atoms with van der Waals surface area (Å²) in [5.41, 5.74) is 3.72. The molecule has 0 radical (unpaired) electrons. The maximum atomic E-state index is 12.9. The number of carbonyl (C=O) groups is 1. The van der Waals surface area contributed by atoms with Gasteiger partial charge >= 0.3 is 0 Å². The minimum absolute atomic E-state index is 0.121. The second kappa shape index (κ2) is 7.85. The Kier molecular flexibility index (Phi) is 4.54. The van der Waals surface area contributed by atoms with Crippen molar-refractivity contribution in [1.29, 1.82) is 0 Å². The van der Waals surface area contributed by atoms with E-state index < -0.39 is 5.91 Å². The summed E-state index contributed by atoms with van der Waals surface area (Å²) >= 11 is 0. The van der Waals surface area contributed by atoms with Gasteiger partial charge in [0.1, 0.15) is 5.69 Å². The Balaban J connectivity index is 1.27. The van der Waals surface area contributed by atoms with Crippen molar-refractivity contribution in [3.05, 3.63) is 84.3 Å². The van der Waals surface area contributed by atoms with Gasteiger partial charge < -0.3 is 0 Å². The van der Waals surface area contributed by atoms with Crippen molar-refractivity contribution < 1.29 is 4.79 Å². The van der Waals surface area contributed by atoms with Crippen LogP contribution < -0.4 is 5.32 Å². The van der Waals surface area contributed by atoms with Crippen molar-refractivity contribution in [1.82, 2.24) is 40.1 Å². The van der Waals surface area contributed by atoms with Crippen molar-refractivity contribution in [2.75, 3.05) is 5.32 Å². The Hall–Kier alpha value is -4.99. The lowest BCUT2D eigenvalue weighted by Gasteiger charge is -2.07. The van der Waals surface area contributed by atoms with Gasteiger partial charge in [-0.25, -0.2) is 9.67 Å². The monoisotopic (exact) mass is 447 g/mol. The van der Waals surface area contributed by atoms with E-state index in [0.29, 0.717) is 17.2 Å². The van der Waals surface area contributed by atoms with Gasteiger partial charge in [0.15, 0.2) is 11.5 Å². The number of amides is 1. The number of hydrogen-bond donors (Lipinski definition) is 2. The number of para-hydroxylation sites is 2. The molecule has 10 heteroatoms. The summed E-state index contributed by atoms with van der Waals surface area (Å²) < 4.78 is 1.60. The molecule has 0 atom stereocenters. The number of nitrogens with one attached hydrogen (secondary N) is 2. The first-order valence-electron chi connectivity index (χ1n) is 10.5. The van der Waals surface area contributed by atoms with Crippen molar-refractivity contribution in [3.63, 3.8) is 0 Å². The first kappa shape index (κ1) is 19.7. The highest BCUT2D eigenvalue weighted by molar-refractivity contribution is 6.02. The molecule has 0 spiro atoms. The zero-order valence-corrected chi connectivity index (χ0v) is 18.0. The molecule has 0 aliphatic heterocycles. The molecule has 6 aromatic rings. The summed E-state index contributed by atoms with van der Waals surface area (Å²) in [5, 5.41) is 19.9. The van der Waals surface area contributed by atoms with Gasteiger partial charge in [0, 0.05) is 17.0 Å². The number of hydrogen-bond acceptors (Lipinski definition) is 7. The normalized spacial score (nSPS) is 11.2. The second-order valence-electron chi connectivity index (χ2n) is 7.64. The molecule has 0 saturated heterocycles. The molecule has 10 nitrogen and oxygen atoms in total. The second-order valence-corrected chi connectivity index (χ2v) is 7.64. The molecule has 0 fully saturated rings. The van der Waals surface area contributed by atoms with Crippen LogP contribution in [-0.2, 0) is 0 Å². The summed E-state index contributed by atoms with van der Waals surface area (Å²) in [6.07, 6.45) is 1.72. The third kappa shape index (κ3) is 3.34. The summed E-state index contributed by atoms with van der Waals surface area (Å²) in [6.45, 7) is 1.78. The van der Waals surface area contributed by atoms with Crippen molar-refractivity contribution in [3.8, 4) is 17.2 Å². The van der Waals surface area contributed by atoms with E-state index in [1.807, 2.05) is 66.7 Å². The van der Waals surface area contributed by atoms with Crippen LogP contribution in [0.15, 0.2) is 72.9 Å². The number of aromatic amines is 1. The van der Waals surface area contributed by atoms with Crippen molar-refractivity contribution >= 4 is 33.7 Å². The highest BCUT2D eigenvalue weighted by Crippen LogP contribution is 2.22. The fourth-order valence-electron chi connectivity index (χ4n) is 3.82. The number of H-pyrrole nitrogens is 1. The smallest absolute Gasteiger partial charge is 0.280 e. The molecule has 34 heavy (non-hydrogen) atoms. The molecule has 2 N–H and O–H groups in total. The zero-order chi connectivity index (χ0) is 23.1. The highest BCUT2D eigenvalue weighted by Gasteiger charge is 2.20. The van der Waals surface area contributed by atoms with E-state index in [-0.39, 0.29) is 11.6 Å². The third-order valence-electron chi connectivity index (χ3n) is 5.50. The van der Waals surface area contributed by atoms with Gasteiger partial charge in [-0.15, -0.1) is 10.2 Å². The fourth-order valence-corrected chi connectivity index (χ4v) is 3.82. The van der Waals surface area contributed by atoms with E-state index in [4.69, 9.17) is 0 Å². The van der Waals surface area contributed by atoms with E-state index in [1.54, 1.807) is 17.8 Å². The third-order valence-corrected chi connectivity index (χ3v) is 5.50. The molecule has 4 aromatic heterocycles. The SMILES string of the molecule is Cc1c(C(=O)Nc2n[nH]c(-c3ccc4ccccc4n3)n2)nnn1-c1cccc2cccnc12. The van der Waals surface area contributed by atoms with Gasteiger partial charge in [0.2, 0.25) is 5.95 Å². The van der Waals surface area contributed by atoms with Crippen LogP contribution in [0.4, 0.5) is 5.95 Å². The van der Waals surface area contributed by atoms with Crippen LogP contribution in [0.1, 0.15) is 16.2 Å². The topological polar surface area (TPSA) is 127 Å². The van der Waals surface area contributed by atoms with E-state index in [1.165, 1.54) is 0 Å². The van der Waals surface area contributed by atoms with E-state index >= 15 is 0 Å². The van der Waals surface area contributed by atoms with Crippen LogP contribution in [0.2, 0.25) is 0 Å². The summed E-state index contributed by atoms with van der Waals surface area (Å²) in [4.78, 5) is 26.3. The van der Waals surface area contributed by atoms with E-state index in [9.17, 15) is 4.79 Å². The van der Waals surface area contributed by atoms with Gasteiger partial charge in [-0.1, -0.05) is 47.7 Å². The van der Waals surface area contributed by atoms with Gasteiger partial charge in [0.05, 0.1) is 22.4 Å². The Morgan fingerprint density at radius 1 is 0.941 bits per heavy atom.